The van der Waals surface area contributed by atoms with E-state index in [0.717, 1.165) is 5.54 Å². The molecule has 0 amide bonds. The van der Waals surface area contributed by atoms with E-state index in [0.29, 0.717) is 0 Å². The quantitative estimate of drug-likeness (QED) is 0.718. The largest absolute Gasteiger partial charge is 0.0885 e. The lowest BCUT2D eigenvalue weighted by Gasteiger charge is -2.30. The van der Waals surface area contributed by atoms with E-state index in [-0.39, 0.29) is 0 Å². The minimum absolute atomic E-state index is 0.778. The smallest absolute Gasteiger partial charge is 0.0744 e. The van der Waals surface area contributed by atoms with Gasteiger partial charge in [-0.2, -0.15) is 0 Å². The molecule has 80 valence electrons. The number of allylic oxidation sites excluding steroid dienone is 2. The first-order valence-corrected chi connectivity index (χ1v) is 9.40. The Morgan fingerprint density at radius 3 is 2.40 bits per heavy atom. The van der Waals surface area contributed by atoms with Crippen molar-refractivity contribution in [2.45, 2.75) is 31.5 Å². The molecule has 0 fully saturated rings. The van der Waals surface area contributed by atoms with Crippen molar-refractivity contribution in [2.24, 2.45) is 0 Å². The van der Waals surface area contributed by atoms with Crippen LogP contribution in [-0.2, 0) is 0 Å². The van der Waals surface area contributed by atoms with Gasteiger partial charge < -0.3 is 0 Å². The Kier molecular flexibility index (Phi) is 3.17. The molecule has 0 unspecified atom stereocenters. The second-order valence-corrected chi connectivity index (χ2v) is 10.4. The number of hydrogen-bond acceptors (Lipinski definition) is 0. The number of halogens is 1. The zero-order valence-electron chi connectivity index (χ0n) is 9.33. The summed E-state index contributed by atoms with van der Waals surface area (Å²) in [7, 11) is -1.32. The van der Waals surface area contributed by atoms with Crippen LogP contribution in [-0.4, -0.2) is 8.07 Å². The van der Waals surface area contributed by atoms with Crippen molar-refractivity contribution in [3.63, 3.8) is 0 Å². The van der Waals surface area contributed by atoms with Gasteiger partial charge in [0.05, 0.1) is 8.07 Å². The lowest BCUT2D eigenvalue weighted by atomic mass is 10.3. The average Bonchev–Trinajstić information content (AvgIpc) is 2.66. The Balaban J connectivity index is 2.31. The normalized spacial score (nSPS) is 21.5. The molecule has 0 N–H and O–H groups in total. The molecular weight excluding hydrogens is 264 g/mol. The minimum atomic E-state index is -1.32. The third kappa shape index (κ3) is 2.11. The molecule has 0 nitrogen and oxygen atoms in total. The van der Waals surface area contributed by atoms with Gasteiger partial charge in [-0.1, -0.05) is 70.6 Å². The predicted molar refractivity (Wildman–Crippen MR) is 73.6 cm³/mol. The second-order valence-electron chi connectivity index (χ2n) is 4.81. The van der Waals surface area contributed by atoms with Crippen molar-refractivity contribution in [2.75, 3.05) is 0 Å². The molecule has 0 aliphatic heterocycles. The Bertz CT molecular complexity index is 367. The summed E-state index contributed by atoms with van der Waals surface area (Å²) in [6, 6.07) is 11.0. The molecule has 1 aliphatic carbocycles. The second kappa shape index (κ2) is 4.26. The summed E-state index contributed by atoms with van der Waals surface area (Å²) < 4.78 is 1.45. The fourth-order valence-electron chi connectivity index (χ4n) is 2.44. The molecule has 0 aromatic heterocycles. The molecule has 0 saturated carbocycles. The van der Waals surface area contributed by atoms with Crippen molar-refractivity contribution < 1.29 is 0 Å². The Morgan fingerprint density at radius 2 is 1.87 bits per heavy atom. The summed E-state index contributed by atoms with van der Waals surface area (Å²) in [6.07, 6.45) is 4.92. The monoisotopic (exact) mass is 280 g/mol. The summed E-state index contributed by atoms with van der Waals surface area (Å²) in [4.78, 5) is 0. The maximum atomic E-state index is 3.73. The van der Waals surface area contributed by atoms with Crippen LogP contribution >= 0.6 is 15.9 Å². The summed E-state index contributed by atoms with van der Waals surface area (Å²) in [5.74, 6) is 0. The summed E-state index contributed by atoms with van der Waals surface area (Å²) in [5, 5.41) is 1.57. The maximum absolute atomic E-state index is 3.73. The van der Waals surface area contributed by atoms with Crippen molar-refractivity contribution in [1.29, 1.82) is 0 Å². The molecule has 0 bridgehead atoms. The van der Waals surface area contributed by atoms with Crippen molar-refractivity contribution >= 4 is 29.2 Å². The molecule has 0 saturated heterocycles. The topological polar surface area (TPSA) is 0 Å². The molecule has 1 aliphatic rings. The van der Waals surface area contributed by atoms with Crippen LogP contribution in [0.1, 0.15) is 12.8 Å². The predicted octanol–water partition coefficient (Wildman–Crippen LogP) is 4.04. The van der Waals surface area contributed by atoms with E-state index < -0.39 is 8.07 Å². The van der Waals surface area contributed by atoms with E-state index >= 15 is 0 Å². The van der Waals surface area contributed by atoms with E-state index in [9.17, 15) is 0 Å². The first kappa shape index (κ1) is 11.2. The van der Waals surface area contributed by atoms with Gasteiger partial charge in [-0.15, -0.1) is 0 Å². The van der Waals surface area contributed by atoms with Gasteiger partial charge >= 0.3 is 0 Å². The van der Waals surface area contributed by atoms with Gasteiger partial charge in [0.2, 0.25) is 0 Å². The zero-order valence-corrected chi connectivity index (χ0v) is 11.9. The van der Waals surface area contributed by atoms with E-state index in [2.05, 4.69) is 65.4 Å². The van der Waals surface area contributed by atoms with Gasteiger partial charge in [0.15, 0.2) is 0 Å². The summed E-state index contributed by atoms with van der Waals surface area (Å²) >= 11 is 3.73. The van der Waals surface area contributed by atoms with Gasteiger partial charge in [-0.3, -0.25) is 0 Å². The fourth-order valence-corrected chi connectivity index (χ4v) is 7.77. The van der Waals surface area contributed by atoms with E-state index in [1.165, 1.54) is 17.3 Å². The standard InChI is InChI=1S/C13H17BrSi/c1-15(2,11-7-4-3-5-8-11)13-10-6-9-12(13)14/h3-5,7-9,13H,6,10H2,1-2H3/t13-/m0/s1. The lowest BCUT2D eigenvalue weighted by molar-refractivity contribution is 0.895. The Morgan fingerprint density at radius 1 is 1.20 bits per heavy atom. The fraction of sp³-hybridized carbons (Fsp3) is 0.385. The molecule has 2 heteroatoms. The van der Waals surface area contributed by atoms with Crippen molar-refractivity contribution in [3.05, 3.63) is 40.9 Å². The highest BCUT2D eigenvalue weighted by Gasteiger charge is 2.36. The summed E-state index contributed by atoms with van der Waals surface area (Å²) in [6.45, 7) is 4.96. The third-order valence-electron chi connectivity index (χ3n) is 3.52. The Labute approximate surface area is 102 Å². The van der Waals surface area contributed by atoms with E-state index in [4.69, 9.17) is 0 Å². The van der Waals surface area contributed by atoms with Crippen LogP contribution in [0.4, 0.5) is 0 Å². The molecule has 0 radical (unpaired) electrons. The highest BCUT2D eigenvalue weighted by Crippen LogP contribution is 2.42. The van der Waals surface area contributed by atoms with Crippen LogP contribution < -0.4 is 5.19 Å². The van der Waals surface area contributed by atoms with Gasteiger partial charge in [0.25, 0.3) is 0 Å². The zero-order chi connectivity index (χ0) is 10.9. The van der Waals surface area contributed by atoms with Crippen LogP contribution in [0.5, 0.6) is 0 Å². The van der Waals surface area contributed by atoms with E-state index in [1.54, 1.807) is 5.19 Å². The minimum Gasteiger partial charge on any atom is -0.0744 e. The van der Waals surface area contributed by atoms with Gasteiger partial charge in [-0.05, 0) is 22.9 Å². The maximum Gasteiger partial charge on any atom is 0.0885 e. The van der Waals surface area contributed by atoms with Gasteiger partial charge in [0.1, 0.15) is 0 Å². The molecule has 15 heavy (non-hydrogen) atoms. The molecule has 0 spiro atoms. The van der Waals surface area contributed by atoms with Crippen molar-refractivity contribution in [1.82, 2.24) is 0 Å². The van der Waals surface area contributed by atoms with Crippen LogP contribution in [0.15, 0.2) is 40.9 Å². The average molecular weight is 281 g/mol. The first-order chi connectivity index (χ1) is 7.12. The highest BCUT2D eigenvalue weighted by molar-refractivity contribution is 9.11. The molecule has 1 aromatic rings. The van der Waals surface area contributed by atoms with Crippen LogP contribution in [0.25, 0.3) is 0 Å². The highest BCUT2D eigenvalue weighted by atomic mass is 79.9. The van der Waals surface area contributed by atoms with E-state index in [1.807, 2.05) is 0 Å². The first-order valence-electron chi connectivity index (χ1n) is 5.53. The van der Waals surface area contributed by atoms with Crippen LogP contribution in [0.3, 0.4) is 0 Å². The SMILES string of the molecule is C[Si](C)(c1ccccc1)[C@H]1CCC=C1Br. The molecule has 2 rings (SSSR count). The van der Waals surface area contributed by atoms with Crippen LogP contribution in [0, 0.1) is 0 Å². The lowest BCUT2D eigenvalue weighted by Crippen LogP contribution is -2.45. The third-order valence-corrected chi connectivity index (χ3v) is 8.98. The molecular formula is C13H17BrSi. The Hall–Kier alpha value is -0.343. The number of benzene rings is 1. The summed E-state index contributed by atoms with van der Waals surface area (Å²) in [5.41, 5.74) is 0.778. The molecule has 1 aromatic carbocycles. The molecule has 0 heterocycles. The van der Waals surface area contributed by atoms with Crippen LogP contribution in [0.2, 0.25) is 18.6 Å². The van der Waals surface area contributed by atoms with Crippen molar-refractivity contribution in [3.8, 4) is 0 Å². The molecule has 1 atom stereocenters. The number of hydrogen-bond donors (Lipinski definition) is 0. The number of rotatable bonds is 2. The van der Waals surface area contributed by atoms with Gasteiger partial charge in [0, 0.05) is 0 Å². The van der Waals surface area contributed by atoms with Gasteiger partial charge in [-0.25, -0.2) is 0 Å².